The van der Waals surface area contributed by atoms with Crippen molar-refractivity contribution in [2.75, 3.05) is 12.4 Å². The molecule has 0 aliphatic rings. The second-order valence-corrected chi connectivity index (χ2v) is 4.92. The number of carbonyl (C=O) groups excluding carboxylic acids is 2. The predicted molar refractivity (Wildman–Crippen MR) is 74.4 cm³/mol. The summed E-state index contributed by atoms with van der Waals surface area (Å²) >= 11 is 1.19. The number of benzene rings is 1. The number of carbonyl (C=O) groups is 2. The number of rotatable bonds is 4. The van der Waals surface area contributed by atoms with Crippen LogP contribution in [0, 0.1) is 5.82 Å². The SMILES string of the molecule is COC(=O)c1sccc1NC(=O)Cc1ccc(F)cc1. The molecule has 0 radical (unpaired) electrons. The van der Waals surface area contributed by atoms with Crippen LogP contribution in [0.2, 0.25) is 0 Å². The van der Waals surface area contributed by atoms with Crippen LogP contribution in [-0.2, 0) is 16.0 Å². The first-order valence-electron chi connectivity index (χ1n) is 5.80. The molecule has 2 aromatic rings. The summed E-state index contributed by atoms with van der Waals surface area (Å²) in [5.41, 5.74) is 1.12. The summed E-state index contributed by atoms with van der Waals surface area (Å²) in [5, 5.41) is 4.34. The van der Waals surface area contributed by atoms with Gasteiger partial charge < -0.3 is 10.1 Å². The number of amides is 1. The number of anilines is 1. The first kappa shape index (κ1) is 14.2. The molecular formula is C14H12FNO3S. The van der Waals surface area contributed by atoms with Gasteiger partial charge in [-0.25, -0.2) is 9.18 Å². The number of ether oxygens (including phenoxy) is 1. The minimum absolute atomic E-state index is 0.108. The lowest BCUT2D eigenvalue weighted by Gasteiger charge is -2.05. The lowest BCUT2D eigenvalue weighted by atomic mass is 10.1. The zero-order chi connectivity index (χ0) is 14.5. The maximum Gasteiger partial charge on any atom is 0.350 e. The van der Waals surface area contributed by atoms with Crippen LogP contribution < -0.4 is 5.32 Å². The molecule has 1 aromatic heterocycles. The fourth-order valence-corrected chi connectivity index (χ4v) is 2.41. The van der Waals surface area contributed by atoms with E-state index >= 15 is 0 Å². The summed E-state index contributed by atoms with van der Waals surface area (Å²) < 4.78 is 17.4. The van der Waals surface area contributed by atoms with Crippen LogP contribution >= 0.6 is 11.3 Å². The molecule has 2 rings (SSSR count). The van der Waals surface area contributed by atoms with E-state index in [0.29, 0.717) is 16.1 Å². The van der Waals surface area contributed by atoms with Crippen LogP contribution in [0.4, 0.5) is 10.1 Å². The molecule has 1 heterocycles. The highest BCUT2D eigenvalue weighted by Gasteiger charge is 2.15. The molecule has 0 aliphatic carbocycles. The number of nitrogens with one attached hydrogen (secondary N) is 1. The highest BCUT2D eigenvalue weighted by Crippen LogP contribution is 2.23. The van der Waals surface area contributed by atoms with Gasteiger partial charge in [0.2, 0.25) is 5.91 Å². The quantitative estimate of drug-likeness (QED) is 0.882. The lowest BCUT2D eigenvalue weighted by Crippen LogP contribution is -2.16. The smallest absolute Gasteiger partial charge is 0.350 e. The van der Waals surface area contributed by atoms with E-state index in [4.69, 9.17) is 0 Å². The second-order valence-electron chi connectivity index (χ2n) is 4.01. The zero-order valence-corrected chi connectivity index (χ0v) is 11.5. The normalized spacial score (nSPS) is 10.1. The Labute approximate surface area is 119 Å². The van der Waals surface area contributed by atoms with Crippen LogP contribution in [-0.4, -0.2) is 19.0 Å². The predicted octanol–water partition coefficient (Wildman–Crippen LogP) is 2.86. The Bertz CT molecular complexity index is 622. The number of halogens is 1. The van der Waals surface area contributed by atoms with Crippen LogP contribution in [0.1, 0.15) is 15.2 Å². The summed E-state index contributed by atoms with van der Waals surface area (Å²) in [4.78, 5) is 23.7. The van der Waals surface area contributed by atoms with Crippen LogP contribution in [0.15, 0.2) is 35.7 Å². The van der Waals surface area contributed by atoms with Crippen LogP contribution in [0.3, 0.4) is 0 Å². The third-order valence-electron chi connectivity index (χ3n) is 2.59. The molecule has 1 amide bonds. The third-order valence-corrected chi connectivity index (χ3v) is 3.48. The average molecular weight is 293 g/mol. The molecule has 1 N–H and O–H groups in total. The van der Waals surface area contributed by atoms with Crippen LogP contribution in [0.25, 0.3) is 0 Å². The van der Waals surface area contributed by atoms with Crippen molar-refractivity contribution in [3.63, 3.8) is 0 Å². The van der Waals surface area contributed by atoms with Crippen molar-refractivity contribution in [1.82, 2.24) is 0 Å². The first-order valence-corrected chi connectivity index (χ1v) is 6.68. The number of thiophene rings is 1. The molecule has 0 bridgehead atoms. The van der Waals surface area contributed by atoms with Gasteiger partial charge in [-0.3, -0.25) is 4.79 Å². The van der Waals surface area contributed by atoms with Gasteiger partial charge in [-0.15, -0.1) is 11.3 Å². The highest BCUT2D eigenvalue weighted by molar-refractivity contribution is 7.12. The summed E-state index contributed by atoms with van der Waals surface area (Å²) in [5.74, 6) is -1.11. The van der Waals surface area contributed by atoms with E-state index in [1.165, 1.54) is 30.6 Å². The fraction of sp³-hybridized carbons (Fsp3) is 0.143. The minimum Gasteiger partial charge on any atom is -0.465 e. The van der Waals surface area contributed by atoms with Gasteiger partial charge in [0.1, 0.15) is 10.7 Å². The van der Waals surface area contributed by atoms with E-state index in [-0.39, 0.29) is 18.1 Å². The molecule has 0 saturated heterocycles. The molecule has 0 saturated carbocycles. The van der Waals surface area contributed by atoms with Crippen molar-refractivity contribution >= 4 is 28.9 Å². The van der Waals surface area contributed by atoms with E-state index in [2.05, 4.69) is 10.1 Å². The summed E-state index contributed by atoms with van der Waals surface area (Å²) in [7, 11) is 1.28. The standard InChI is InChI=1S/C14H12FNO3S/c1-19-14(18)13-11(6-7-20-13)16-12(17)8-9-2-4-10(15)5-3-9/h2-7H,8H2,1H3,(H,16,17). The zero-order valence-electron chi connectivity index (χ0n) is 10.7. The van der Waals surface area contributed by atoms with Crippen molar-refractivity contribution in [2.24, 2.45) is 0 Å². The Balaban J connectivity index is 2.03. The Morgan fingerprint density at radius 2 is 1.95 bits per heavy atom. The number of hydrogen-bond acceptors (Lipinski definition) is 4. The molecule has 4 nitrogen and oxygen atoms in total. The molecule has 0 unspecified atom stereocenters. The fourth-order valence-electron chi connectivity index (χ4n) is 1.64. The van der Waals surface area contributed by atoms with Gasteiger partial charge in [0.05, 0.1) is 19.2 Å². The minimum atomic E-state index is -0.489. The Morgan fingerprint density at radius 1 is 1.25 bits per heavy atom. The molecular weight excluding hydrogens is 281 g/mol. The van der Waals surface area contributed by atoms with Gasteiger partial charge in [0.25, 0.3) is 0 Å². The summed E-state index contributed by atoms with van der Waals surface area (Å²) in [6, 6.07) is 7.33. The Hall–Kier alpha value is -2.21. The number of hydrogen-bond donors (Lipinski definition) is 1. The molecule has 6 heteroatoms. The maximum atomic E-state index is 12.8. The third kappa shape index (κ3) is 3.42. The molecule has 1 aromatic carbocycles. The number of esters is 1. The highest BCUT2D eigenvalue weighted by atomic mass is 32.1. The van der Waals surface area contributed by atoms with Crippen molar-refractivity contribution in [3.05, 3.63) is 52.0 Å². The molecule has 0 fully saturated rings. The van der Waals surface area contributed by atoms with Crippen LogP contribution in [0.5, 0.6) is 0 Å². The van der Waals surface area contributed by atoms with Crippen molar-refractivity contribution in [1.29, 1.82) is 0 Å². The average Bonchev–Trinajstić information content (AvgIpc) is 2.88. The van der Waals surface area contributed by atoms with E-state index < -0.39 is 5.97 Å². The molecule has 0 aliphatic heterocycles. The Kier molecular flexibility index (Phi) is 4.47. The monoisotopic (exact) mass is 293 g/mol. The van der Waals surface area contributed by atoms with Crippen molar-refractivity contribution < 1.29 is 18.7 Å². The van der Waals surface area contributed by atoms with Crippen molar-refractivity contribution in [3.8, 4) is 0 Å². The molecule has 0 spiro atoms. The summed E-state index contributed by atoms with van der Waals surface area (Å²) in [6.07, 6.45) is 0.108. The van der Waals surface area contributed by atoms with E-state index in [0.717, 1.165) is 0 Å². The Morgan fingerprint density at radius 3 is 2.60 bits per heavy atom. The maximum absolute atomic E-state index is 12.8. The van der Waals surface area contributed by atoms with Gasteiger partial charge in [-0.1, -0.05) is 12.1 Å². The topological polar surface area (TPSA) is 55.4 Å². The van der Waals surface area contributed by atoms with E-state index in [9.17, 15) is 14.0 Å². The summed E-state index contributed by atoms with van der Waals surface area (Å²) in [6.45, 7) is 0. The number of methoxy groups -OCH3 is 1. The van der Waals surface area contributed by atoms with Gasteiger partial charge in [0.15, 0.2) is 0 Å². The first-order chi connectivity index (χ1) is 9.60. The van der Waals surface area contributed by atoms with Crippen molar-refractivity contribution in [2.45, 2.75) is 6.42 Å². The van der Waals surface area contributed by atoms with Gasteiger partial charge in [0, 0.05) is 0 Å². The lowest BCUT2D eigenvalue weighted by molar-refractivity contribution is -0.115. The van der Waals surface area contributed by atoms with Gasteiger partial charge in [-0.05, 0) is 29.1 Å². The van der Waals surface area contributed by atoms with E-state index in [1.54, 1.807) is 23.6 Å². The van der Waals surface area contributed by atoms with E-state index in [1.807, 2.05) is 0 Å². The largest absolute Gasteiger partial charge is 0.465 e. The molecule has 104 valence electrons. The molecule has 0 atom stereocenters. The molecule has 20 heavy (non-hydrogen) atoms. The van der Waals surface area contributed by atoms with Gasteiger partial charge >= 0.3 is 5.97 Å². The second kappa shape index (κ2) is 6.29. The van der Waals surface area contributed by atoms with Gasteiger partial charge in [-0.2, -0.15) is 0 Å².